The highest BCUT2D eigenvalue weighted by atomic mass is 16.3. The molecule has 13 heavy (non-hydrogen) atoms. The Morgan fingerprint density at radius 3 is 2.69 bits per heavy atom. The molecule has 0 spiro atoms. The van der Waals surface area contributed by atoms with Crippen molar-refractivity contribution in [3.63, 3.8) is 0 Å². The highest BCUT2D eigenvalue weighted by Gasteiger charge is 2.24. The topological polar surface area (TPSA) is 35.5 Å². The second-order valence-corrected chi connectivity index (χ2v) is 4.26. The van der Waals surface area contributed by atoms with Crippen molar-refractivity contribution < 1.29 is 5.11 Å². The third-order valence-electron chi connectivity index (χ3n) is 2.52. The van der Waals surface area contributed by atoms with Gasteiger partial charge in [0.15, 0.2) is 0 Å². The molecule has 0 amide bonds. The minimum atomic E-state index is -0.148. The number of hydrogen-bond acceptors (Lipinski definition) is 3. The number of likely N-dealkylation sites (tertiary alicyclic amines) is 1. The summed E-state index contributed by atoms with van der Waals surface area (Å²) in [6, 6.07) is 0.970. The van der Waals surface area contributed by atoms with E-state index in [0.29, 0.717) is 12.1 Å². The average molecular weight is 186 g/mol. The lowest BCUT2D eigenvalue weighted by Crippen LogP contribution is -2.52. The summed E-state index contributed by atoms with van der Waals surface area (Å²) >= 11 is 0. The number of likely N-dealkylation sites (N-methyl/N-ethyl adjacent to an activating group) is 1. The van der Waals surface area contributed by atoms with Crippen molar-refractivity contribution >= 4 is 0 Å². The van der Waals surface area contributed by atoms with Gasteiger partial charge < -0.3 is 10.4 Å². The first-order valence-corrected chi connectivity index (χ1v) is 5.28. The molecule has 2 N–H and O–H groups in total. The van der Waals surface area contributed by atoms with Crippen LogP contribution < -0.4 is 5.32 Å². The van der Waals surface area contributed by atoms with Gasteiger partial charge in [-0.15, -0.1) is 0 Å². The number of nitrogens with one attached hydrogen (secondary N) is 1. The van der Waals surface area contributed by atoms with Crippen LogP contribution in [0.2, 0.25) is 0 Å². The Bertz CT molecular complexity index is 148. The molecule has 2 unspecified atom stereocenters. The van der Waals surface area contributed by atoms with E-state index in [2.05, 4.69) is 31.0 Å². The van der Waals surface area contributed by atoms with Crippen LogP contribution in [0.3, 0.4) is 0 Å². The molecule has 0 aromatic carbocycles. The molecule has 0 aliphatic carbocycles. The van der Waals surface area contributed by atoms with Crippen LogP contribution in [0.4, 0.5) is 0 Å². The fourth-order valence-electron chi connectivity index (χ4n) is 2.01. The highest BCUT2D eigenvalue weighted by Crippen LogP contribution is 2.10. The van der Waals surface area contributed by atoms with Crippen molar-refractivity contribution in [3.8, 4) is 0 Å². The van der Waals surface area contributed by atoms with Crippen molar-refractivity contribution in [2.45, 2.75) is 45.4 Å². The van der Waals surface area contributed by atoms with Crippen LogP contribution in [-0.4, -0.2) is 47.8 Å². The SMILES string of the molecule is CCN1CC(O)CC(NC(C)C)C1. The van der Waals surface area contributed by atoms with E-state index in [-0.39, 0.29) is 6.10 Å². The Kier molecular flexibility index (Phi) is 4.16. The maximum absolute atomic E-state index is 9.61. The molecule has 1 heterocycles. The summed E-state index contributed by atoms with van der Waals surface area (Å²) in [7, 11) is 0. The Balaban J connectivity index is 2.37. The molecule has 0 radical (unpaired) electrons. The molecule has 1 saturated heterocycles. The van der Waals surface area contributed by atoms with Crippen molar-refractivity contribution in [3.05, 3.63) is 0 Å². The Morgan fingerprint density at radius 2 is 2.15 bits per heavy atom. The predicted molar refractivity (Wildman–Crippen MR) is 54.8 cm³/mol. The monoisotopic (exact) mass is 186 g/mol. The molecule has 1 fully saturated rings. The van der Waals surface area contributed by atoms with Crippen LogP contribution in [0.1, 0.15) is 27.2 Å². The third-order valence-corrected chi connectivity index (χ3v) is 2.52. The van der Waals surface area contributed by atoms with Gasteiger partial charge in [0, 0.05) is 25.2 Å². The van der Waals surface area contributed by atoms with E-state index < -0.39 is 0 Å². The van der Waals surface area contributed by atoms with Gasteiger partial charge in [-0.25, -0.2) is 0 Å². The number of β-amino-alcohol motifs (C(OH)–C–C–N with tert-alkyl or cyclic N) is 1. The van der Waals surface area contributed by atoms with Gasteiger partial charge >= 0.3 is 0 Å². The van der Waals surface area contributed by atoms with Gasteiger partial charge in [-0.1, -0.05) is 20.8 Å². The maximum atomic E-state index is 9.61. The zero-order valence-electron chi connectivity index (χ0n) is 8.95. The molecular formula is C10H22N2O. The molecule has 1 aliphatic heterocycles. The van der Waals surface area contributed by atoms with Gasteiger partial charge in [-0.2, -0.15) is 0 Å². The quantitative estimate of drug-likeness (QED) is 0.671. The lowest BCUT2D eigenvalue weighted by Gasteiger charge is -2.36. The van der Waals surface area contributed by atoms with Crippen molar-refractivity contribution in [1.82, 2.24) is 10.2 Å². The summed E-state index contributed by atoms with van der Waals surface area (Å²) in [6.45, 7) is 9.39. The van der Waals surface area contributed by atoms with Crippen molar-refractivity contribution in [1.29, 1.82) is 0 Å². The van der Waals surface area contributed by atoms with Crippen molar-refractivity contribution in [2.24, 2.45) is 0 Å². The molecule has 0 saturated carbocycles. The standard InChI is InChI=1S/C10H22N2O/c1-4-12-6-9(11-8(2)3)5-10(13)7-12/h8-11,13H,4-7H2,1-3H3. The maximum Gasteiger partial charge on any atom is 0.0682 e. The van der Waals surface area contributed by atoms with Crippen LogP contribution in [0, 0.1) is 0 Å². The minimum absolute atomic E-state index is 0.148. The van der Waals surface area contributed by atoms with Gasteiger partial charge in [0.05, 0.1) is 6.10 Å². The van der Waals surface area contributed by atoms with Gasteiger partial charge in [0.2, 0.25) is 0 Å². The molecule has 1 rings (SSSR count). The number of rotatable bonds is 3. The van der Waals surface area contributed by atoms with E-state index in [1.807, 2.05) is 0 Å². The highest BCUT2D eigenvalue weighted by molar-refractivity contribution is 4.83. The number of aliphatic hydroxyl groups excluding tert-OH is 1. The molecular weight excluding hydrogens is 164 g/mol. The van der Waals surface area contributed by atoms with Gasteiger partial charge in [-0.3, -0.25) is 4.90 Å². The second kappa shape index (κ2) is 4.94. The van der Waals surface area contributed by atoms with Gasteiger partial charge in [-0.05, 0) is 13.0 Å². The average Bonchev–Trinajstić information content (AvgIpc) is 2.01. The number of nitrogens with zero attached hydrogens (tertiary/aromatic N) is 1. The largest absolute Gasteiger partial charge is 0.392 e. The van der Waals surface area contributed by atoms with Crippen LogP contribution in [0.15, 0.2) is 0 Å². The zero-order chi connectivity index (χ0) is 9.84. The number of piperidine rings is 1. The van der Waals surface area contributed by atoms with E-state index in [9.17, 15) is 5.11 Å². The predicted octanol–water partition coefficient (Wildman–Crippen LogP) is 0.439. The lowest BCUT2D eigenvalue weighted by atomic mass is 10.0. The van der Waals surface area contributed by atoms with Crippen LogP contribution in [0.25, 0.3) is 0 Å². The molecule has 0 aromatic rings. The van der Waals surface area contributed by atoms with E-state index in [0.717, 1.165) is 26.1 Å². The lowest BCUT2D eigenvalue weighted by molar-refractivity contribution is 0.0528. The first-order valence-electron chi connectivity index (χ1n) is 5.28. The van der Waals surface area contributed by atoms with E-state index >= 15 is 0 Å². The molecule has 78 valence electrons. The first kappa shape index (κ1) is 11.0. The third kappa shape index (κ3) is 3.63. The molecule has 3 heteroatoms. The first-order chi connectivity index (χ1) is 6.11. The van der Waals surface area contributed by atoms with Gasteiger partial charge in [0.1, 0.15) is 0 Å². The molecule has 2 atom stereocenters. The second-order valence-electron chi connectivity index (χ2n) is 4.26. The molecule has 0 aromatic heterocycles. The normalized spacial score (nSPS) is 31.2. The fraction of sp³-hybridized carbons (Fsp3) is 1.00. The zero-order valence-corrected chi connectivity index (χ0v) is 8.95. The van der Waals surface area contributed by atoms with E-state index in [1.165, 1.54) is 0 Å². The summed E-state index contributed by atoms with van der Waals surface area (Å²) in [4.78, 5) is 2.30. The molecule has 3 nitrogen and oxygen atoms in total. The molecule has 1 aliphatic rings. The van der Waals surface area contributed by atoms with E-state index in [4.69, 9.17) is 0 Å². The van der Waals surface area contributed by atoms with Crippen LogP contribution in [0.5, 0.6) is 0 Å². The van der Waals surface area contributed by atoms with Crippen molar-refractivity contribution in [2.75, 3.05) is 19.6 Å². The number of aliphatic hydroxyl groups is 1. The Labute approximate surface area is 81.1 Å². The smallest absolute Gasteiger partial charge is 0.0682 e. The number of hydrogen-bond donors (Lipinski definition) is 2. The van der Waals surface area contributed by atoms with Crippen LogP contribution >= 0.6 is 0 Å². The fourth-order valence-corrected chi connectivity index (χ4v) is 2.01. The molecule has 0 bridgehead atoms. The Morgan fingerprint density at radius 1 is 1.46 bits per heavy atom. The summed E-state index contributed by atoms with van der Waals surface area (Å²) in [5.74, 6) is 0. The summed E-state index contributed by atoms with van der Waals surface area (Å²) in [6.07, 6.45) is 0.749. The summed E-state index contributed by atoms with van der Waals surface area (Å²) < 4.78 is 0. The van der Waals surface area contributed by atoms with E-state index in [1.54, 1.807) is 0 Å². The van der Waals surface area contributed by atoms with Crippen LogP contribution in [-0.2, 0) is 0 Å². The summed E-state index contributed by atoms with van der Waals surface area (Å²) in [5.41, 5.74) is 0. The van der Waals surface area contributed by atoms with Gasteiger partial charge in [0.25, 0.3) is 0 Å². The Hall–Kier alpha value is -0.120. The summed E-state index contributed by atoms with van der Waals surface area (Å²) in [5, 5.41) is 13.1. The minimum Gasteiger partial charge on any atom is -0.392 e.